The fraction of sp³-hybridized carbons (Fsp3) is 1.00. The molecule has 0 aromatic rings. The maximum absolute atomic E-state index is 12.6. The third-order valence-corrected chi connectivity index (χ3v) is 7.01. The lowest BCUT2D eigenvalue weighted by Crippen LogP contribution is -2.38. The van der Waals surface area contributed by atoms with E-state index >= 15 is 0 Å². The summed E-state index contributed by atoms with van der Waals surface area (Å²) in [7, 11) is -2.96. The Morgan fingerprint density at radius 2 is 1.95 bits per heavy atom. The molecule has 1 N–H and O–H groups in total. The zero-order valence-corrected chi connectivity index (χ0v) is 13.8. The van der Waals surface area contributed by atoms with Gasteiger partial charge in [0.05, 0.1) is 10.5 Å². The molecule has 4 heteroatoms. The van der Waals surface area contributed by atoms with Crippen molar-refractivity contribution in [2.45, 2.75) is 82.8 Å². The Bertz CT molecular complexity index is 353. The maximum Gasteiger partial charge on any atom is 0.155 e. The van der Waals surface area contributed by atoms with E-state index in [0.29, 0.717) is 5.92 Å². The maximum atomic E-state index is 12.6. The molecule has 0 heterocycles. The quantitative estimate of drug-likeness (QED) is 0.783. The van der Waals surface area contributed by atoms with Crippen molar-refractivity contribution in [3.63, 3.8) is 0 Å². The Kier molecular flexibility index (Phi) is 6.81. The predicted octanol–water partition coefficient (Wildman–Crippen LogP) is 3.15. The highest BCUT2D eigenvalue weighted by molar-refractivity contribution is 7.92. The van der Waals surface area contributed by atoms with Crippen LogP contribution in [0.25, 0.3) is 0 Å². The highest BCUT2D eigenvalue weighted by atomic mass is 32.2. The monoisotopic (exact) mass is 289 g/mol. The van der Waals surface area contributed by atoms with Crippen molar-refractivity contribution in [3.05, 3.63) is 0 Å². The number of nitrogens with one attached hydrogen (secondary N) is 1. The molecule has 0 aromatic heterocycles. The third-order valence-electron chi connectivity index (χ3n) is 4.34. The summed E-state index contributed by atoms with van der Waals surface area (Å²) in [6, 6.07) is 0.283. The molecule has 0 spiro atoms. The van der Waals surface area contributed by atoms with Gasteiger partial charge in [-0.15, -0.1) is 0 Å². The minimum atomic E-state index is -2.96. The van der Waals surface area contributed by atoms with Gasteiger partial charge in [-0.2, -0.15) is 0 Å². The van der Waals surface area contributed by atoms with E-state index in [2.05, 4.69) is 26.1 Å². The standard InChI is InChI=1S/C15H31NO2S/c1-5-9-16-13(3)11-14(4)19(17,18)15-8-6-7-12(2)10-15/h12-16H,5-11H2,1-4H3. The van der Waals surface area contributed by atoms with Crippen LogP contribution in [-0.2, 0) is 9.84 Å². The zero-order valence-electron chi connectivity index (χ0n) is 13.0. The van der Waals surface area contributed by atoms with Gasteiger partial charge in [0.25, 0.3) is 0 Å². The molecule has 0 aromatic carbocycles. The second-order valence-electron chi connectivity index (χ2n) is 6.38. The van der Waals surface area contributed by atoms with Crippen molar-refractivity contribution in [2.24, 2.45) is 5.92 Å². The topological polar surface area (TPSA) is 46.2 Å². The molecular formula is C15H31NO2S. The molecule has 1 fully saturated rings. The molecule has 1 saturated carbocycles. The molecule has 0 saturated heterocycles. The largest absolute Gasteiger partial charge is 0.314 e. The minimum absolute atomic E-state index is 0.0929. The first-order valence-corrected chi connectivity index (χ1v) is 9.45. The molecular weight excluding hydrogens is 258 g/mol. The first kappa shape index (κ1) is 17.0. The summed E-state index contributed by atoms with van der Waals surface area (Å²) >= 11 is 0. The number of hydrogen-bond acceptors (Lipinski definition) is 3. The van der Waals surface area contributed by atoms with Gasteiger partial charge in [0.1, 0.15) is 0 Å². The van der Waals surface area contributed by atoms with E-state index in [1.807, 2.05) is 6.92 Å². The van der Waals surface area contributed by atoms with Crippen LogP contribution in [0.2, 0.25) is 0 Å². The van der Waals surface area contributed by atoms with Gasteiger partial charge in [0.15, 0.2) is 9.84 Å². The van der Waals surface area contributed by atoms with Gasteiger partial charge >= 0.3 is 0 Å². The molecule has 1 aliphatic carbocycles. The summed E-state index contributed by atoms with van der Waals surface area (Å²) in [5.74, 6) is 0.566. The van der Waals surface area contributed by atoms with Gasteiger partial charge < -0.3 is 5.32 Å². The van der Waals surface area contributed by atoms with Crippen molar-refractivity contribution in [3.8, 4) is 0 Å². The van der Waals surface area contributed by atoms with E-state index < -0.39 is 9.84 Å². The van der Waals surface area contributed by atoms with E-state index in [1.54, 1.807) is 0 Å². The summed E-state index contributed by atoms with van der Waals surface area (Å²) < 4.78 is 25.2. The SMILES string of the molecule is CCCNC(C)CC(C)S(=O)(=O)C1CCCC(C)C1. The van der Waals surface area contributed by atoms with Gasteiger partial charge in [-0.05, 0) is 52.0 Å². The van der Waals surface area contributed by atoms with E-state index in [1.165, 1.54) is 6.42 Å². The average molecular weight is 289 g/mol. The fourth-order valence-electron chi connectivity index (χ4n) is 3.11. The molecule has 0 bridgehead atoms. The van der Waals surface area contributed by atoms with E-state index in [4.69, 9.17) is 0 Å². The number of rotatable bonds is 7. The third kappa shape index (κ3) is 5.07. The Balaban J connectivity index is 2.55. The van der Waals surface area contributed by atoms with Gasteiger partial charge in [0, 0.05) is 6.04 Å². The number of hydrogen-bond donors (Lipinski definition) is 1. The van der Waals surface area contributed by atoms with Crippen LogP contribution in [0.1, 0.15) is 66.2 Å². The van der Waals surface area contributed by atoms with Crippen molar-refractivity contribution >= 4 is 9.84 Å². The van der Waals surface area contributed by atoms with Gasteiger partial charge in [-0.25, -0.2) is 8.42 Å². The molecule has 4 unspecified atom stereocenters. The van der Waals surface area contributed by atoms with Gasteiger partial charge in [0.2, 0.25) is 0 Å². The molecule has 1 rings (SSSR count). The molecule has 114 valence electrons. The van der Waals surface area contributed by atoms with Crippen LogP contribution in [0.4, 0.5) is 0 Å². The molecule has 4 atom stereocenters. The molecule has 3 nitrogen and oxygen atoms in total. The van der Waals surface area contributed by atoms with Crippen molar-refractivity contribution in [1.82, 2.24) is 5.32 Å². The summed E-state index contributed by atoms with van der Waals surface area (Å²) in [6.45, 7) is 9.25. The average Bonchev–Trinajstić information content (AvgIpc) is 2.36. The summed E-state index contributed by atoms with van der Waals surface area (Å²) in [5, 5.41) is 3.07. The Hall–Kier alpha value is -0.0900. The van der Waals surface area contributed by atoms with Crippen molar-refractivity contribution < 1.29 is 8.42 Å². The van der Waals surface area contributed by atoms with Crippen LogP contribution in [-0.4, -0.2) is 31.5 Å². The van der Waals surface area contributed by atoms with E-state index in [9.17, 15) is 8.42 Å². The van der Waals surface area contributed by atoms with Crippen LogP contribution in [0.15, 0.2) is 0 Å². The molecule has 19 heavy (non-hydrogen) atoms. The van der Waals surface area contributed by atoms with Crippen molar-refractivity contribution in [2.75, 3.05) is 6.54 Å². The smallest absolute Gasteiger partial charge is 0.155 e. The van der Waals surface area contributed by atoms with Crippen molar-refractivity contribution in [1.29, 1.82) is 0 Å². The second-order valence-corrected chi connectivity index (χ2v) is 9.03. The summed E-state index contributed by atoms with van der Waals surface area (Å²) in [4.78, 5) is 0. The predicted molar refractivity (Wildman–Crippen MR) is 82.2 cm³/mol. The Labute approximate surface area is 119 Å². The lowest BCUT2D eigenvalue weighted by atomic mass is 9.91. The first-order chi connectivity index (χ1) is 8.87. The molecule has 1 aliphatic rings. The molecule has 0 amide bonds. The van der Waals surface area contributed by atoms with Crippen LogP contribution in [0.3, 0.4) is 0 Å². The number of sulfone groups is 1. The minimum Gasteiger partial charge on any atom is -0.314 e. The van der Waals surface area contributed by atoms with Crippen LogP contribution >= 0.6 is 0 Å². The summed E-state index contributed by atoms with van der Waals surface area (Å²) in [6.07, 6.45) is 5.81. The van der Waals surface area contributed by atoms with Gasteiger partial charge in [-0.3, -0.25) is 0 Å². The first-order valence-electron chi connectivity index (χ1n) is 7.84. The lowest BCUT2D eigenvalue weighted by molar-refractivity contribution is 0.378. The van der Waals surface area contributed by atoms with Gasteiger partial charge in [-0.1, -0.05) is 26.7 Å². The highest BCUT2D eigenvalue weighted by Crippen LogP contribution is 2.31. The molecule has 0 aliphatic heterocycles. The van der Waals surface area contributed by atoms with E-state index in [-0.39, 0.29) is 16.5 Å². The van der Waals surface area contributed by atoms with Crippen LogP contribution < -0.4 is 5.32 Å². The van der Waals surface area contributed by atoms with Crippen LogP contribution in [0.5, 0.6) is 0 Å². The second kappa shape index (κ2) is 7.63. The normalized spacial score (nSPS) is 28.0. The fourth-order valence-corrected chi connectivity index (χ4v) is 5.42. The Morgan fingerprint density at radius 1 is 1.26 bits per heavy atom. The molecule has 0 radical (unpaired) electrons. The van der Waals surface area contributed by atoms with Crippen LogP contribution in [0, 0.1) is 5.92 Å². The highest BCUT2D eigenvalue weighted by Gasteiger charge is 2.34. The lowest BCUT2D eigenvalue weighted by Gasteiger charge is -2.29. The summed E-state index contributed by atoms with van der Waals surface area (Å²) in [5.41, 5.74) is 0. The zero-order chi connectivity index (χ0) is 14.5. The van der Waals surface area contributed by atoms with E-state index in [0.717, 1.165) is 38.6 Å². The Morgan fingerprint density at radius 3 is 2.53 bits per heavy atom.